The summed E-state index contributed by atoms with van der Waals surface area (Å²) in [5.41, 5.74) is 1.66. The normalized spacial score (nSPS) is 17.6. The second-order valence-corrected chi connectivity index (χ2v) is 5.69. The van der Waals surface area contributed by atoms with E-state index in [1.807, 2.05) is 18.2 Å². The molecule has 2 aromatic carbocycles. The molecule has 4 rings (SSSR count). The highest BCUT2D eigenvalue weighted by Gasteiger charge is 2.24. The molecule has 6 heteroatoms. The number of hydrogen-bond donors (Lipinski definition) is 0. The number of halogens is 1. The molecule has 2 aromatic rings. The molecule has 0 saturated carbocycles. The topological polar surface area (TPSA) is 57.1 Å². The highest BCUT2D eigenvalue weighted by molar-refractivity contribution is 6.31. The maximum absolute atomic E-state index is 12.0. The van der Waals surface area contributed by atoms with Crippen LogP contribution in [0.15, 0.2) is 53.2 Å². The van der Waals surface area contributed by atoms with Gasteiger partial charge in [0.1, 0.15) is 13.2 Å². The van der Waals surface area contributed by atoms with Crippen molar-refractivity contribution in [1.29, 1.82) is 0 Å². The van der Waals surface area contributed by atoms with E-state index >= 15 is 0 Å². The van der Waals surface area contributed by atoms with Crippen molar-refractivity contribution < 1.29 is 19.0 Å². The molecule has 0 unspecified atom stereocenters. The number of carbonyl (C=O) groups excluding carboxylic acids is 1. The van der Waals surface area contributed by atoms with E-state index < -0.39 is 5.97 Å². The zero-order chi connectivity index (χ0) is 16.5. The molecule has 0 radical (unpaired) electrons. The van der Waals surface area contributed by atoms with Gasteiger partial charge in [0.15, 0.2) is 17.2 Å². The van der Waals surface area contributed by atoms with Crippen LogP contribution >= 0.6 is 11.6 Å². The summed E-state index contributed by atoms with van der Waals surface area (Å²) in [6, 6.07) is 12.4. The van der Waals surface area contributed by atoms with Gasteiger partial charge in [-0.3, -0.25) is 0 Å². The summed E-state index contributed by atoms with van der Waals surface area (Å²) in [4.78, 5) is 16.3. The molecule has 2 aliphatic heterocycles. The fourth-order valence-electron chi connectivity index (χ4n) is 2.46. The predicted octanol–water partition coefficient (Wildman–Crippen LogP) is 3.46. The van der Waals surface area contributed by atoms with Crippen LogP contribution in [0.2, 0.25) is 5.02 Å². The number of nitrogens with zero attached hydrogens (tertiary/aromatic N) is 1. The number of aliphatic imine (C=N–C) groups is 1. The lowest BCUT2D eigenvalue weighted by Crippen LogP contribution is -2.15. The van der Waals surface area contributed by atoms with Crippen LogP contribution in [-0.4, -0.2) is 25.1 Å². The van der Waals surface area contributed by atoms with Gasteiger partial charge in [-0.1, -0.05) is 23.7 Å². The Morgan fingerprint density at radius 3 is 2.71 bits per heavy atom. The minimum Gasteiger partial charge on any atom is -0.486 e. The van der Waals surface area contributed by atoms with Crippen LogP contribution in [0.3, 0.4) is 0 Å². The Morgan fingerprint density at radius 2 is 1.88 bits per heavy atom. The van der Waals surface area contributed by atoms with Crippen molar-refractivity contribution in [3.63, 3.8) is 0 Å². The van der Waals surface area contributed by atoms with Crippen molar-refractivity contribution in [2.75, 3.05) is 13.2 Å². The smallest absolute Gasteiger partial charge is 0.363 e. The Hall–Kier alpha value is -2.79. The number of rotatable bonds is 2. The Kier molecular flexibility index (Phi) is 3.70. The van der Waals surface area contributed by atoms with Gasteiger partial charge < -0.3 is 14.2 Å². The van der Waals surface area contributed by atoms with E-state index in [1.54, 1.807) is 30.3 Å². The number of benzene rings is 2. The van der Waals surface area contributed by atoms with Crippen LogP contribution in [0, 0.1) is 0 Å². The van der Waals surface area contributed by atoms with Crippen LogP contribution < -0.4 is 9.47 Å². The number of esters is 1. The summed E-state index contributed by atoms with van der Waals surface area (Å²) in [5, 5.41) is 0.551. The SMILES string of the molecule is O=C1OC(c2cccc(Cl)c2)=N/C1=C/c1ccc2c(c1)OCCO2. The minimum absolute atomic E-state index is 0.224. The predicted molar refractivity (Wildman–Crippen MR) is 89.5 cm³/mol. The van der Waals surface area contributed by atoms with Crippen molar-refractivity contribution in [2.24, 2.45) is 4.99 Å². The summed E-state index contributed by atoms with van der Waals surface area (Å²) < 4.78 is 16.2. The van der Waals surface area contributed by atoms with E-state index in [0.29, 0.717) is 35.3 Å². The first-order valence-corrected chi connectivity index (χ1v) is 7.75. The molecule has 0 saturated heterocycles. The molecule has 0 atom stereocenters. The van der Waals surface area contributed by atoms with Crippen LogP contribution in [0.4, 0.5) is 0 Å². The van der Waals surface area contributed by atoms with Gasteiger partial charge in [0.25, 0.3) is 0 Å². The minimum atomic E-state index is -0.500. The monoisotopic (exact) mass is 341 g/mol. The molecular formula is C18H12ClNO4. The Balaban J connectivity index is 1.66. The molecule has 0 aliphatic carbocycles. The molecule has 0 amide bonds. The molecule has 2 heterocycles. The highest BCUT2D eigenvalue weighted by atomic mass is 35.5. The van der Waals surface area contributed by atoms with Gasteiger partial charge in [-0.15, -0.1) is 0 Å². The van der Waals surface area contributed by atoms with Gasteiger partial charge in [-0.05, 0) is 42.0 Å². The van der Waals surface area contributed by atoms with Gasteiger partial charge >= 0.3 is 5.97 Å². The van der Waals surface area contributed by atoms with Gasteiger partial charge in [-0.2, -0.15) is 0 Å². The molecule has 24 heavy (non-hydrogen) atoms. The molecule has 0 N–H and O–H groups in total. The number of ether oxygens (including phenoxy) is 3. The molecule has 0 fully saturated rings. The summed E-state index contributed by atoms with van der Waals surface area (Å²) in [7, 11) is 0. The van der Waals surface area contributed by atoms with Crippen LogP contribution in [-0.2, 0) is 9.53 Å². The second kappa shape index (κ2) is 6.02. The molecule has 0 bridgehead atoms. The highest BCUT2D eigenvalue weighted by Crippen LogP contribution is 2.32. The average Bonchev–Trinajstić information content (AvgIpc) is 2.96. The van der Waals surface area contributed by atoms with E-state index in [9.17, 15) is 4.79 Å². The maximum atomic E-state index is 12.0. The Bertz CT molecular complexity index is 888. The third kappa shape index (κ3) is 2.86. The van der Waals surface area contributed by atoms with E-state index in [1.165, 1.54) is 0 Å². The molecule has 0 aromatic heterocycles. The van der Waals surface area contributed by atoms with Gasteiger partial charge in [0.2, 0.25) is 5.90 Å². The molecule has 5 nitrogen and oxygen atoms in total. The zero-order valence-electron chi connectivity index (χ0n) is 12.5. The van der Waals surface area contributed by atoms with Crippen LogP contribution in [0.1, 0.15) is 11.1 Å². The molecular weight excluding hydrogens is 330 g/mol. The lowest BCUT2D eigenvalue weighted by atomic mass is 10.1. The van der Waals surface area contributed by atoms with E-state index in [2.05, 4.69) is 4.99 Å². The van der Waals surface area contributed by atoms with Crippen molar-refractivity contribution >= 4 is 29.5 Å². The molecule has 0 spiro atoms. The van der Waals surface area contributed by atoms with E-state index in [0.717, 1.165) is 5.56 Å². The summed E-state index contributed by atoms with van der Waals surface area (Å²) in [5.74, 6) is 1.09. The molecule has 120 valence electrons. The van der Waals surface area contributed by atoms with Gasteiger partial charge in [-0.25, -0.2) is 9.79 Å². The van der Waals surface area contributed by atoms with Gasteiger partial charge in [0, 0.05) is 10.6 Å². The lowest BCUT2D eigenvalue weighted by molar-refractivity contribution is -0.129. The van der Waals surface area contributed by atoms with Crippen molar-refractivity contribution in [3.05, 3.63) is 64.3 Å². The standard InChI is InChI=1S/C18H12ClNO4/c19-13-3-1-2-12(10-13)17-20-14(18(21)24-17)8-11-4-5-15-16(9-11)23-7-6-22-15/h1-5,8-10H,6-7H2/b14-8+. The summed E-state index contributed by atoms with van der Waals surface area (Å²) >= 11 is 5.96. The fourth-order valence-corrected chi connectivity index (χ4v) is 2.65. The van der Waals surface area contributed by atoms with Crippen molar-refractivity contribution in [1.82, 2.24) is 0 Å². The average molecular weight is 342 g/mol. The maximum Gasteiger partial charge on any atom is 0.363 e. The second-order valence-electron chi connectivity index (χ2n) is 5.25. The Labute approximate surface area is 143 Å². The van der Waals surface area contributed by atoms with Crippen LogP contribution in [0.25, 0.3) is 6.08 Å². The quantitative estimate of drug-likeness (QED) is 0.620. The first-order valence-electron chi connectivity index (χ1n) is 7.37. The third-order valence-corrected chi connectivity index (χ3v) is 3.80. The number of cyclic esters (lactones) is 1. The van der Waals surface area contributed by atoms with Crippen molar-refractivity contribution in [3.8, 4) is 11.5 Å². The summed E-state index contributed by atoms with van der Waals surface area (Å²) in [6.45, 7) is 1.04. The third-order valence-electron chi connectivity index (χ3n) is 3.56. The lowest BCUT2D eigenvalue weighted by Gasteiger charge is -2.18. The molecule has 2 aliphatic rings. The number of hydrogen-bond acceptors (Lipinski definition) is 5. The van der Waals surface area contributed by atoms with Gasteiger partial charge in [0.05, 0.1) is 0 Å². The summed E-state index contributed by atoms with van der Waals surface area (Å²) in [6.07, 6.45) is 1.65. The first-order chi connectivity index (χ1) is 11.7. The Morgan fingerprint density at radius 1 is 1.04 bits per heavy atom. The van der Waals surface area contributed by atoms with Crippen molar-refractivity contribution in [2.45, 2.75) is 0 Å². The number of carbonyl (C=O) groups is 1. The van der Waals surface area contributed by atoms with E-state index in [4.69, 9.17) is 25.8 Å². The van der Waals surface area contributed by atoms with Crippen LogP contribution in [0.5, 0.6) is 11.5 Å². The van der Waals surface area contributed by atoms with E-state index in [-0.39, 0.29) is 11.6 Å². The zero-order valence-corrected chi connectivity index (χ0v) is 13.2. The largest absolute Gasteiger partial charge is 0.486 e. The number of fused-ring (bicyclic) bond motifs is 1. The first kappa shape index (κ1) is 14.8. The fraction of sp³-hybridized carbons (Fsp3) is 0.111.